The van der Waals surface area contributed by atoms with Crippen LogP contribution in [0.25, 0.3) is 0 Å². The summed E-state index contributed by atoms with van der Waals surface area (Å²) in [7, 11) is -3.71. The van der Waals surface area contributed by atoms with Gasteiger partial charge in [-0.05, 0) is 55.3 Å². The van der Waals surface area contributed by atoms with Crippen molar-refractivity contribution in [2.45, 2.75) is 31.7 Å². The standard InChI is InChI=1S/C22H28FN3O3S/c1-16(2)17(3)24-22(27)18-5-4-6-21(15-18)30(28,29)26-13-11-25(12-14-26)20-9-7-19(23)8-10-20/h4-10,15-17H,11-14H2,1-3H3,(H,24,27). The topological polar surface area (TPSA) is 69.7 Å². The molecule has 1 aliphatic rings. The van der Waals surface area contributed by atoms with E-state index < -0.39 is 10.0 Å². The third kappa shape index (κ3) is 4.99. The van der Waals surface area contributed by atoms with Crippen molar-refractivity contribution in [3.8, 4) is 0 Å². The van der Waals surface area contributed by atoms with Gasteiger partial charge in [0.05, 0.1) is 4.90 Å². The van der Waals surface area contributed by atoms with Crippen LogP contribution in [0.1, 0.15) is 31.1 Å². The van der Waals surface area contributed by atoms with Gasteiger partial charge in [0.1, 0.15) is 5.82 Å². The second-order valence-corrected chi connectivity index (χ2v) is 9.84. The molecular formula is C22H28FN3O3S. The van der Waals surface area contributed by atoms with Crippen molar-refractivity contribution in [2.24, 2.45) is 5.92 Å². The van der Waals surface area contributed by atoms with Crippen LogP contribution >= 0.6 is 0 Å². The summed E-state index contributed by atoms with van der Waals surface area (Å²) in [6.45, 7) is 7.60. The maximum Gasteiger partial charge on any atom is 0.251 e. The molecule has 162 valence electrons. The molecule has 30 heavy (non-hydrogen) atoms. The highest BCUT2D eigenvalue weighted by Gasteiger charge is 2.29. The number of sulfonamides is 1. The Kier molecular flexibility index (Phi) is 6.77. The second-order valence-electron chi connectivity index (χ2n) is 7.90. The normalized spacial score (nSPS) is 16.5. The number of rotatable bonds is 6. The molecule has 1 fully saturated rings. The molecule has 1 amide bonds. The predicted octanol–water partition coefficient (Wildman–Crippen LogP) is 3.11. The number of carbonyl (C=O) groups excluding carboxylic acids is 1. The van der Waals surface area contributed by atoms with E-state index in [2.05, 4.69) is 5.32 Å². The van der Waals surface area contributed by atoms with Gasteiger partial charge >= 0.3 is 0 Å². The van der Waals surface area contributed by atoms with Gasteiger partial charge in [-0.1, -0.05) is 19.9 Å². The number of benzene rings is 2. The number of piperazine rings is 1. The molecule has 1 aliphatic heterocycles. The number of carbonyl (C=O) groups is 1. The highest BCUT2D eigenvalue weighted by atomic mass is 32.2. The first kappa shape index (κ1) is 22.2. The number of hydrogen-bond acceptors (Lipinski definition) is 4. The highest BCUT2D eigenvalue weighted by molar-refractivity contribution is 7.89. The molecule has 0 radical (unpaired) electrons. The molecule has 1 atom stereocenters. The maximum atomic E-state index is 13.1. The summed E-state index contributed by atoms with van der Waals surface area (Å²) < 4.78 is 40.8. The van der Waals surface area contributed by atoms with Gasteiger partial charge in [-0.25, -0.2) is 12.8 Å². The smallest absolute Gasteiger partial charge is 0.251 e. The Hall–Kier alpha value is -2.45. The molecule has 0 spiro atoms. The van der Waals surface area contributed by atoms with Crippen LogP contribution in [-0.4, -0.2) is 50.9 Å². The van der Waals surface area contributed by atoms with E-state index in [1.165, 1.54) is 28.6 Å². The van der Waals surface area contributed by atoms with Crippen LogP contribution in [0.3, 0.4) is 0 Å². The minimum Gasteiger partial charge on any atom is -0.369 e. The van der Waals surface area contributed by atoms with E-state index in [9.17, 15) is 17.6 Å². The van der Waals surface area contributed by atoms with E-state index in [-0.39, 0.29) is 28.6 Å². The molecule has 3 rings (SSSR count). The third-order valence-electron chi connectivity index (χ3n) is 5.52. The lowest BCUT2D eigenvalue weighted by atomic mass is 10.1. The van der Waals surface area contributed by atoms with Crippen molar-refractivity contribution in [2.75, 3.05) is 31.1 Å². The second kappa shape index (κ2) is 9.14. The van der Waals surface area contributed by atoms with Gasteiger partial charge in [-0.15, -0.1) is 0 Å². The summed E-state index contributed by atoms with van der Waals surface area (Å²) in [6.07, 6.45) is 0. The highest BCUT2D eigenvalue weighted by Crippen LogP contribution is 2.22. The molecule has 1 heterocycles. The molecule has 2 aromatic carbocycles. The Morgan fingerprint density at radius 1 is 1.00 bits per heavy atom. The lowest BCUT2D eigenvalue weighted by Crippen LogP contribution is -2.48. The molecule has 1 saturated heterocycles. The number of anilines is 1. The Bertz CT molecular complexity index is 985. The van der Waals surface area contributed by atoms with Crippen LogP contribution in [0.4, 0.5) is 10.1 Å². The van der Waals surface area contributed by atoms with E-state index in [0.29, 0.717) is 31.7 Å². The number of hydrogen-bond donors (Lipinski definition) is 1. The van der Waals surface area contributed by atoms with Gasteiger partial charge in [0.15, 0.2) is 0 Å². The average Bonchev–Trinajstić information content (AvgIpc) is 2.74. The van der Waals surface area contributed by atoms with Crippen molar-refractivity contribution in [3.63, 3.8) is 0 Å². The van der Waals surface area contributed by atoms with E-state index in [0.717, 1.165) is 5.69 Å². The molecule has 0 bridgehead atoms. The molecule has 1 N–H and O–H groups in total. The predicted molar refractivity (Wildman–Crippen MR) is 116 cm³/mol. The fourth-order valence-corrected chi connectivity index (χ4v) is 4.71. The zero-order valence-corrected chi connectivity index (χ0v) is 18.3. The molecule has 6 nitrogen and oxygen atoms in total. The summed E-state index contributed by atoms with van der Waals surface area (Å²) in [5, 5.41) is 2.90. The summed E-state index contributed by atoms with van der Waals surface area (Å²) in [6, 6.07) is 12.3. The molecular weight excluding hydrogens is 405 g/mol. The zero-order chi connectivity index (χ0) is 21.9. The Morgan fingerprint density at radius 2 is 1.63 bits per heavy atom. The van der Waals surface area contributed by atoms with Crippen molar-refractivity contribution in [1.82, 2.24) is 9.62 Å². The summed E-state index contributed by atoms with van der Waals surface area (Å²) >= 11 is 0. The van der Waals surface area contributed by atoms with Crippen LogP contribution < -0.4 is 10.2 Å². The monoisotopic (exact) mass is 433 g/mol. The van der Waals surface area contributed by atoms with Crippen molar-refractivity contribution in [3.05, 3.63) is 59.9 Å². The molecule has 8 heteroatoms. The summed E-state index contributed by atoms with van der Waals surface area (Å²) in [5.74, 6) is -0.306. The largest absolute Gasteiger partial charge is 0.369 e. The fourth-order valence-electron chi connectivity index (χ4n) is 3.24. The molecule has 0 aliphatic carbocycles. The van der Waals surface area contributed by atoms with Crippen molar-refractivity contribution in [1.29, 1.82) is 0 Å². The van der Waals surface area contributed by atoms with Crippen LogP contribution in [0.15, 0.2) is 53.4 Å². The minimum atomic E-state index is -3.71. The molecule has 0 saturated carbocycles. The van der Waals surface area contributed by atoms with Gasteiger partial charge in [0, 0.05) is 43.5 Å². The number of amides is 1. The van der Waals surface area contributed by atoms with Crippen LogP contribution in [0.5, 0.6) is 0 Å². The maximum absolute atomic E-state index is 13.1. The third-order valence-corrected chi connectivity index (χ3v) is 7.42. The minimum absolute atomic E-state index is 0.0164. The van der Waals surface area contributed by atoms with E-state index in [1.807, 2.05) is 25.7 Å². The van der Waals surface area contributed by atoms with Gasteiger partial charge in [0.25, 0.3) is 5.91 Å². The summed E-state index contributed by atoms with van der Waals surface area (Å²) in [4.78, 5) is 14.6. The van der Waals surface area contributed by atoms with E-state index in [1.54, 1.807) is 24.3 Å². The van der Waals surface area contributed by atoms with Crippen LogP contribution in [-0.2, 0) is 10.0 Å². The lowest BCUT2D eigenvalue weighted by molar-refractivity contribution is 0.0930. The lowest BCUT2D eigenvalue weighted by Gasteiger charge is -2.35. The SMILES string of the molecule is CC(C)C(C)NC(=O)c1cccc(S(=O)(=O)N2CCN(c3ccc(F)cc3)CC2)c1. The van der Waals surface area contributed by atoms with Crippen molar-refractivity contribution >= 4 is 21.6 Å². The number of nitrogens with zero attached hydrogens (tertiary/aromatic N) is 2. The van der Waals surface area contributed by atoms with E-state index in [4.69, 9.17) is 0 Å². The Morgan fingerprint density at radius 3 is 2.23 bits per heavy atom. The zero-order valence-electron chi connectivity index (χ0n) is 17.5. The first-order chi connectivity index (χ1) is 14.2. The quantitative estimate of drug-likeness (QED) is 0.760. The average molecular weight is 434 g/mol. The molecule has 2 aromatic rings. The Balaban J connectivity index is 1.70. The number of nitrogens with one attached hydrogen (secondary N) is 1. The molecule has 1 unspecified atom stereocenters. The first-order valence-electron chi connectivity index (χ1n) is 10.1. The van der Waals surface area contributed by atoms with Gasteiger partial charge < -0.3 is 10.2 Å². The van der Waals surface area contributed by atoms with Gasteiger partial charge in [0.2, 0.25) is 10.0 Å². The Labute approximate surface area is 177 Å². The number of halogens is 1. The van der Waals surface area contributed by atoms with Crippen molar-refractivity contribution < 1.29 is 17.6 Å². The van der Waals surface area contributed by atoms with Gasteiger partial charge in [-0.3, -0.25) is 4.79 Å². The summed E-state index contributed by atoms with van der Waals surface area (Å²) in [5.41, 5.74) is 1.19. The van der Waals surface area contributed by atoms with Crippen LogP contribution in [0.2, 0.25) is 0 Å². The molecule has 0 aromatic heterocycles. The van der Waals surface area contributed by atoms with Crippen LogP contribution in [0, 0.1) is 11.7 Å². The first-order valence-corrected chi connectivity index (χ1v) is 11.5. The fraction of sp³-hybridized carbons (Fsp3) is 0.409. The van der Waals surface area contributed by atoms with Gasteiger partial charge in [-0.2, -0.15) is 4.31 Å². The van der Waals surface area contributed by atoms with E-state index >= 15 is 0 Å².